The van der Waals surface area contributed by atoms with Crippen LogP contribution in [0.5, 0.6) is 0 Å². The van der Waals surface area contributed by atoms with Crippen LogP contribution in [0.3, 0.4) is 0 Å². The van der Waals surface area contributed by atoms with Gasteiger partial charge in [-0.05, 0) is 79.3 Å². The Labute approximate surface area is 222 Å². The zero-order chi connectivity index (χ0) is 25.7. The van der Waals surface area contributed by atoms with E-state index in [1.165, 1.54) is 18.4 Å². The van der Waals surface area contributed by atoms with Crippen LogP contribution in [0.25, 0.3) is 17.4 Å². The second-order valence-corrected chi connectivity index (χ2v) is 8.73. The maximum Gasteiger partial charge on any atom is 0.291 e. The van der Waals surface area contributed by atoms with E-state index in [1.54, 1.807) is 54.6 Å². The van der Waals surface area contributed by atoms with E-state index in [9.17, 15) is 9.59 Å². The van der Waals surface area contributed by atoms with E-state index in [4.69, 9.17) is 44.3 Å². The molecule has 0 aliphatic heterocycles. The molecular formula is C26H19Cl2N3O4S. The number of nitrogens with one attached hydrogen (secondary N) is 3. The lowest BCUT2D eigenvalue weighted by Gasteiger charge is -2.13. The van der Waals surface area contributed by atoms with Crippen LogP contribution in [0.2, 0.25) is 10.0 Å². The number of hydrogen-bond donors (Lipinski definition) is 3. The molecule has 0 saturated carbocycles. The van der Waals surface area contributed by atoms with Crippen molar-refractivity contribution < 1.29 is 18.4 Å². The molecule has 2 aromatic heterocycles. The van der Waals surface area contributed by atoms with E-state index in [2.05, 4.69) is 16.0 Å². The van der Waals surface area contributed by atoms with Crippen LogP contribution in [-0.4, -0.2) is 16.9 Å². The van der Waals surface area contributed by atoms with Crippen molar-refractivity contribution >= 4 is 69.8 Å². The van der Waals surface area contributed by atoms with Gasteiger partial charge in [0.2, 0.25) is 5.91 Å². The number of furan rings is 2. The number of thiocarbonyl (C=S) groups is 1. The van der Waals surface area contributed by atoms with Gasteiger partial charge in [0, 0.05) is 23.0 Å². The second kappa shape index (κ2) is 11.3. The largest absolute Gasteiger partial charge is 0.459 e. The van der Waals surface area contributed by atoms with Gasteiger partial charge in [0.05, 0.1) is 16.3 Å². The van der Waals surface area contributed by atoms with Crippen molar-refractivity contribution in [1.29, 1.82) is 0 Å². The predicted octanol–water partition coefficient (Wildman–Crippen LogP) is 6.93. The fourth-order valence-corrected chi connectivity index (χ4v) is 3.79. The Hall–Kier alpha value is -3.85. The Morgan fingerprint density at radius 2 is 1.83 bits per heavy atom. The SMILES string of the molecule is Cc1ccc(NC(=O)c2ccco2)cc1NC(=S)NC(=O)/C=C/c1ccc(-c2cccc(Cl)c2Cl)o1. The summed E-state index contributed by atoms with van der Waals surface area (Å²) in [7, 11) is 0. The van der Waals surface area contributed by atoms with Crippen LogP contribution in [0.15, 0.2) is 81.8 Å². The smallest absolute Gasteiger partial charge is 0.291 e. The Kier molecular flexibility index (Phi) is 7.90. The highest BCUT2D eigenvalue weighted by Crippen LogP contribution is 2.34. The van der Waals surface area contributed by atoms with E-state index in [0.29, 0.717) is 38.5 Å². The van der Waals surface area contributed by atoms with Gasteiger partial charge in [-0.3, -0.25) is 14.9 Å². The first kappa shape index (κ1) is 25.2. The Bertz CT molecular complexity index is 1460. The van der Waals surface area contributed by atoms with Crippen molar-refractivity contribution in [3.05, 3.63) is 100 Å². The van der Waals surface area contributed by atoms with Gasteiger partial charge in [-0.25, -0.2) is 0 Å². The normalized spacial score (nSPS) is 10.9. The second-order valence-electron chi connectivity index (χ2n) is 7.54. The van der Waals surface area contributed by atoms with Gasteiger partial charge in [-0.15, -0.1) is 0 Å². The van der Waals surface area contributed by atoms with Crippen LogP contribution < -0.4 is 16.0 Å². The molecule has 0 saturated heterocycles. The molecule has 4 rings (SSSR count). The van der Waals surface area contributed by atoms with Crippen LogP contribution in [0.4, 0.5) is 11.4 Å². The summed E-state index contributed by atoms with van der Waals surface area (Å²) in [5.74, 6) is 0.333. The fraction of sp³-hybridized carbons (Fsp3) is 0.0385. The van der Waals surface area contributed by atoms with Crippen molar-refractivity contribution in [2.75, 3.05) is 10.6 Å². The Morgan fingerprint density at radius 3 is 2.61 bits per heavy atom. The molecule has 10 heteroatoms. The zero-order valence-electron chi connectivity index (χ0n) is 18.8. The lowest BCUT2D eigenvalue weighted by Crippen LogP contribution is -2.33. The van der Waals surface area contributed by atoms with Crippen LogP contribution in [-0.2, 0) is 4.79 Å². The molecule has 2 amide bonds. The summed E-state index contributed by atoms with van der Waals surface area (Å²) in [5, 5.41) is 9.18. The number of amides is 2. The van der Waals surface area contributed by atoms with Gasteiger partial charge >= 0.3 is 0 Å². The molecule has 0 spiro atoms. The molecule has 0 atom stereocenters. The third kappa shape index (κ3) is 6.23. The Morgan fingerprint density at radius 1 is 1.00 bits per heavy atom. The summed E-state index contributed by atoms with van der Waals surface area (Å²) >= 11 is 17.6. The molecule has 2 aromatic carbocycles. The van der Waals surface area contributed by atoms with Crippen LogP contribution >= 0.6 is 35.4 Å². The summed E-state index contributed by atoms with van der Waals surface area (Å²) in [5.41, 5.74) is 2.67. The maximum atomic E-state index is 12.3. The molecule has 36 heavy (non-hydrogen) atoms. The highest BCUT2D eigenvalue weighted by atomic mass is 35.5. The Balaban J connectivity index is 1.35. The average molecular weight is 540 g/mol. The van der Waals surface area contributed by atoms with E-state index in [-0.39, 0.29) is 16.8 Å². The average Bonchev–Trinajstić information content (AvgIpc) is 3.54. The van der Waals surface area contributed by atoms with Gasteiger partial charge < -0.3 is 19.5 Å². The molecule has 0 unspecified atom stereocenters. The van der Waals surface area contributed by atoms with E-state index in [1.807, 2.05) is 13.0 Å². The topological polar surface area (TPSA) is 96.5 Å². The lowest BCUT2D eigenvalue weighted by atomic mass is 10.2. The molecule has 0 bridgehead atoms. The lowest BCUT2D eigenvalue weighted by molar-refractivity contribution is -0.115. The molecule has 0 aliphatic carbocycles. The summed E-state index contributed by atoms with van der Waals surface area (Å²) in [6.07, 6.45) is 4.23. The van der Waals surface area contributed by atoms with E-state index < -0.39 is 5.91 Å². The van der Waals surface area contributed by atoms with Crippen LogP contribution in [0.1, 0.15) is 21.9 Å². The minimum Gasteiger partial charge on any atom is -0.459 e. The first-order valence-electron chi connectivity index (χ1n) is 10.6. The van der Waals surface area contributed by atoms with Gasteiger partial charge in [-0.2, -0.15) is 0 Å². The molecule has 3 N–H and O–H groups in total. The van der Waals surface area contributed by atoms with Gasteiger partial charge in [0.15, 0.2) is 10.9 Å². The van der Waals surface area contributed by atoms with Crippen molar-refractivity contribution in [3.63, 3.8) is 0 Å². The minimum absolute atomic E-state index is 0.0908. The van der Waals surface area contributed by atoms with E-state index in [0.717, 1.165) is 5.56 Å². The molecule has 0 aliphatic rings. The van der Waals surface area contributed by atoms with Crippen molar-refractivity contribution in [2.24, 2.45) is 0 Å². The van der Waals surface area contributed by atoms with Crippen molar-refractivity contribution in [2.45, 2.75) is 6.92 Å². The molecule has 0 radical (unpaired) electrons. The number of rotatable bonds is 6. The number of carbonyl (C=O) groups is 2. The summed E-state index contributed by atoms with van der Waals surface area (Å²) < 4.78 is 10.8. The monoisotopic (exact) mass is 539 g/mol. The summed E-state index contributed by atoms with van der Waals surface area (Å²) in [6, 6.07) is 17.2. The van der Waals surface area contributed by atoms with Crippen LogP contribution in [0, 0.1) is 6.92 Å². The molecule has 7 nitrogen and oxygen atoms in total. The first-order valence-corrected chi connectivity index (χ1v) is 11.8. The number of anilines is 2. The summed E-state index contributed by atoms with van der Waals surface area (Å²) in [6.45, 7) is 1.87. The molecule has 2 heterocycles. The third-order valence-electron chi connectivity index (χ3n) is 4.97. The molecule has 4 aromatic rings. The minimum atomic E-state index is -0.453. The van der Waals surface area contributed by atoms with Crippen molar-refractivity contribution in [1.82, 2.24) is 5.32 Å². The molecular weight excluding hydrogens is 521 g/mol. The summed E-state index contributed by atoms with van der Waals surface area (Å²) in [4.78, 5) is 24.6. The number of benzene rings is 2. The van der Waals surface area contributed by atoms with Crippen molar-refractivity contribution in [3.8, 4) is 11.3 Å². The first-order chi connectivity index (χ1) is 17.3. The zero-order valence-corrected chi connectivity index (χ0v) is 21.1. The maximum absolute atomic E-state index is 12.3. The standard InChI is InChI=1S/C26H19Cl2N3O4S/c1-15-7-8-16(29-25(33)22-6-3-13-34-22)14-20(15)30-26(36)31-23(32)12-10-17-9-11-21(35-17)18-4-2-5-19(27)24(18)28/h2-14H,1H3,(H,29,33)(H2,30,31,32,36)/b12-10+. The highest BCUT2D eigenvalue weighted by molar-refractivity contribution is 7.80. The predicted molar refractivity (Wildman–Crippen MR) is 145 cm³/mol. The molecule has 0 fully saturated rings. The number of aryl methyl sites for hydroxylation is 1. The number of halogens is 2. The van der Waals surface area contributed by atoms with Gasteiger partial charge in [0.25, 0.3) is 5.91 Å². The number of hydrogen-bond acceptors (Lipinski definition) is 5. The van der Waals surface area contributed by atoms with Gasteiger partial charge in [0.1, 0.15) is 11.5 Å². The van der Waals surface area contributed by atoms with E-state index >= 15 is 0 Å². The quantitative estimate of drug-likeness (QED) is 0.181. The highest BCUT2D eigenvalue weighted by Gasteiger charge is 2.12. The van der Waals surface area contributed by atoms with Gasteiger partial charge in [-0.1, -0.05) is 35.3 Å². The fourth-order valence-electron chi connectivity index (χ4n) is 3.18. The molecule has 182 valence electrons. The number of carbonyl (C=O) groups excluding carboxylic acids is 2. The third-order valence-corrected chi connectivity index (χ3v) is 5.99.